The van der Waals surface area contributed by atoms with Gasteiger partial charge in [0.15, 0.2) is 0 Å². The molecule has 0 bridgehead atoms. The van der Waals surface area contributed by atoms with Gasteiger partial charge in [0, 0.05) is 13.1 Å². The second-order valence-electron chi connectivity index (χ2n) is 2.11. The molecule has 0 amide bonds. The first-order valence-electron chi connectivity index (χ1n) is 3.41. The average Bonchev–Trinajstić information content (AvgIpc) is 1.87. The Morgan fingerprint density at radius 1 is 1.64 bits per heavy atom. The van der Waals surface area contributed by atoms with Crippen LogP contribution in [0.4, 0.5) is 0 Å². The fourth-order valence-electron chi connectivity index (χ4n) is 0.701. The highest BCUT2D eigenvalue weighted by molar-refractivity contribution is 7.86. The molecule has 0 aliphatic heterocycles. The van der Waals surface area contributed by atoms with Crippen LogP contribution in [0.3, 0.4) is 0 Å². The van der Waals surface area contributed by atoms with E-state index < -0.39 is 10.2 Å². The Morgan fingerprint density at radius 3 is 2.45 bits per heavy atom. The molecule has 0 aromatic rings. The van der Waals surface area contributed by atoms with Gasteiger partial charge in [-0.1, -0.05) is 13.0 Å². The zero-order valence-corrected chi connectivity index (χ0v) is 7.47. The summed E-state index contributed by atoms with van der Waals surface area (Å²) in [5.41, 5.74) is 0. The van der Waals surface area contributed by atoms with Gasteiger partial charge in [-0.05, 0) is 6.42 Å². The fraction of sp³-hybridized carbons (Fsp3) is 0.667. The highest BCUT2D eigenvalue weighted by Crippen LogP contribution is 1.95. The van der Waals surface area contributed by atoms with Crippen LogP contribution in [0.1, 0.15) is 13.3 Å². The normalized spacial score (nSPS) is 11.9. The summed E-state index contributed by atoms with van der Waals surface area (Å²) < 4.78 is 22.7. The van der Waals surface area contributed by atoms with Crippen molar-refractivity contribution in [3.63, 3.8) is 0 Å². The third-order valence-corrected chi connectivity index (χ3v) is 2.46. The second kappa shape index (κ2) is 4.48. The van der Waals surface area contributed by atoms with Gasteiger partial charge in [-0.25, -0.2) is 5.14 Å². The van der Waals surface area contributed by atoms with Crippen molar-refractivity contribution in [1.29, 1.82) is 0 Å². The largest absolute Gasteiger partial charge is 0.276 e. The van der Waals surface area contributed by atoms with E-state index in [0.29, 0.717) is 19.5 Å². The molecule has 0 heterocycles. The zero-order valence-electron chi connectivity index (χ0n) is 6.66. The first kappa shape index (κ1) is 10.6. The topological polar surface area (TPSA) is 63.4 Å². The Morgan fingerprint density at radius 2 is 2.18 bits per heavy atom. The molecule has 0 radical (unpaired) electrons. The summed E-state index contributed by atoms with van der Waals surface area (Å²) in [6, 6.07) is 0. The molecule has 0 saturated carbocycles. The third kappa shape index (κ3) is 4.13. The first-order chi connectivity index (χ1) is 5.02. The van der Waals surface area contributed by atoms with Gasteiger partial charge in [-0.2, -0.15) is 12.7 Å². The molecule has 0 aromatic carbocycles. The average molecular weight is 178 g/mol. The molecule has 66 valence electrons. The molecule has 11 heavy (non-hydrogen) atoms. The standard InChI is InChI=1S/C6H14N2O2S/c1-3-5-6-8(4-2)11(7,9)10/h3H,1,4-6H2,2H3,(H2,7,9,10). The van der Waals surface area contributed by atoms with E-state index in [1.807, 2.05) is 0 Å². The Hall–Kier alpha value is -0.390. The van der Waals surface area contributed by atoms with Crippen LogP contribution in [0.5, 0.6) is 0 Å². The molecule has 0 rings (SSSR count). The molecule has 0 fully saturated rings. The predicted octanol–water partition coefficient (Wildman–Crippen LogP) is 0.0879. The number of hydrogen-bond acceptors (Lipinski definition) is 2. The molecular weight excluding hydrogens is 164 g/mol. The van der Waals surface area contributed by atoms with E-state index in [9.17, 15) is 8.42 Å². The smallest absolute Gasteiger partial charge is 0.216 e. The van der Waals surface area contributed by atoms with E-state index in [-0.39, 0.29) is 0 Å². The summed E-state index contributed by atoms with van der Waals surface area (Å²) in [5, 5.41) is 4.89. The summed E-state index contributed by atoms with van der Waals surface area (Å²) in [5.74, 6) is 0. The number of hydrogen-bond donors (Lipinski definition) is 1. The molecular formula is C6H14N2O2S. The van der Waals surface area contributed by atoms with Crippen molar-refractivity contribution in [3.8, 4) is 0 Å². The molecule has 0 atom stereocenters. The van der Waals surface area contributed by atoms with Gasteiger partial charge >= 0.3 is 0 Å². The Balaban J connectivity index is 4.07. The van der Waals surface area contributed by atoms with E-state index in [1.165, 1.54) is 4.31 Å². The van der Waals surface area contributed by atoms with Crippen molar-refractivity contribution in [3.05, 3.63) is 12.7 Å². The zero-order chi connectivity index (χ0) is 8.91. The van der Waals surface area contributed by atoms with Crippen LogP contribution in [0.25, 0.3) is 0 Å². The lowest BCUT2D eigenvalue weighted by Crippen LogP contribution is -2.36. The molecule has 0 aromatic heterocycles. The Kier molecular flexibility index (Phi) is 4.32. The van der Waals surface area contributed by atoms with Gasteiger partial charge in [0.25, 0.3) is 10.2 Å². The maximum atomic E-state index is 10.7. The second-order valence-corrected chi connectivity index (χ2v) is 3.66. The molecule has 2 N–H and O–H groups in total. The van der Waals surface area contributed by atoms with Crippen LogP contribution in [-0.2, 0) is 10.2 Å². The molecule has 0 saturated heterocycles. The van der Waals surface area contributed by atoms with Gasteiger partial charge in [0.2, 0.25) is 0 Å². The van der Waals surface area contributed by atoms with E-state index in [1.54, 1.807) is 13.0 Å². The van der Waals surface area contributed by atoms with Gasteiger partial charge in [0.1, 0.15) is 0 Å². The van der Waals surface area contributed by atoms with E-state index in [4.69, 9.17) is 5.14 Å². The van der Waals surface area contributed by atoms with Gasteiger partial charge < -0.3 is 0 Å². The summed E-state index contributed by atoms with van der Waals surface area (Å²) in [6.07, 6.45) is 2.29. The number of nitrogens with zero attached hydrogens (tertiary/aromatic N) is 1. The van der Waals surface area contributed by atoms with E-state index in [0.717, 1.165) is 0 Å². The molecule has 0 unspecified atom stereocenters. The predicted molar refractivity (Wildman–Crippen MR) is 45.2 cm³/mol. The van der Waals surface area contributed by atoms with Crippen LogP contribution in [0, 0.1) is 0 Å². The summed E-state index contributed by atoms with van der Waals surface area (Å²) in [6.45, 7) is 6.06. The van der Waals surface area contributed by atoms with Crippen LogP contribution in [0.2, 0.25) is 0 Å². The van der Waals surface area contributed by atoms with Crippen molar-refractivity contribution in [1.82, 2.24) is 4.31 Å². The van der Waals surface area contributed by atoms with Gasteiger partial charge in [0.05, 0.1) is 0 Å². The maximum Gasteiger partial charge on any atom is 0.276 e. The maximum absolute atomic E-state index is 10.7. The highest BCUT2D eigenvalue weighted by atomic mass is 32.2. The minimum atomic E-state index is -3.50. The monoisotopic (exact) mass is 178 g/mol. The van der Waals surface area contributed by atoms with Crippen LogP contribution < -0.4 is 5.14 Å². The van der Waals surface area contributed by atoms with Gasteiger partial charge in [-0.15, -0.1) is 6.58 Å². The molecule has 0 spiro atoms. The molecule has 4 nitrogen and oxygen atoms in total. The van der Waals surface area contributed by atoms with Crippen molar-refractivity contribution >= 4 is 10.2 Å². The Bertz CT molecular complexity index is 211. The lowest BCUT2D eigenvalue weighted by molar-refractivity contribution is 0.434. The SMILES string of the molecule is C=CCCN(CC)S(N)(=O)=O. The van der Waals surface area contributed by atoms with Crippen molar-refractivity contribution in [2.24, 2.45) is 5.14 Å². The number of nitrogens with two attached hydrogens (primary N) is 1. The summed E-state index contributed by atoms with van der Waals surface area (Å²) >= 11 is 0. The fourth-order valence-corrected chi connectivity index (χ4v) is 1.42. The molecule has 5 heteroatoms. The minimum absolute atomic E-state index is 0.409. The number of rotatable bonds is 5. The van der Waals surface area contributed by atoms with Gasteiger partial charge in [-0.3, -0.25) is 0 Å². The lowest BCUT2D eigenvalue weighted by atomic mass is 10.4. The molecule has 0 aliphatic carbocycles. The van der Waals surface area contributed by atoms with Crippen LogP contribution in [-0.4, -0.2) is 25.8 Å². The van der Waals surface area contributed by atoms with Crippen LogP contribution in [0.15, 0.2) is 12.7 Å². The van der Waals surface area contributed by atoms with Crippen molar-refractivity contribution in [2.75, 3.05) is 13.1 Å². The summed E-state index contributed by atoms with van der Waals surface area (Å²) in [4.78, 5) is 0. The van der Waals surface area contributed by atoms with Crippen LogP contribution >= 0.6 is 0 Å². The highest BCUT2D eigenvalue weighted by Gasteiger charge is 2.12. The van der Waals surface area contributed by atoms with E-state index in [2.05, 4.69) is 6.58 Å². The van der Waals surface area contributed by atoms with Crippen molar-refractivity contribution in [2.45, 2.75) is 13.3 Å². The van der Waals surface area contributed by atoms with Crippen molar-refractivity contribution < 1.29 is 8.42 Å². The third-order valence-electron chi connectivity index (χ3n) is 1.30. The quantitative estimate of drug-likeness (QED) is 0.606. The van der Waals surface area contributed by atoms with E-state index >= 15 is 0 Å². The Labute approximate surface area is 67.9 Å². The first-order valence-corrected chi connectivity index (χ1v) is 4.91. The summed E-state index contributed by atoms with van der Waals surface area (Å²) in [7, 11) is -3.50. The molecule has 0 aliphatic rings. The lowest BCUT2D eigenvalue weighted by Gasteiger charge is -2.15. The minimum Gasteiger partial charge on any atom is -0.216 e.